The zero-order valence-corrected chi connectivity index (χ0v) is 9.37. The molecule has 1 aromatic rings. The summed E-state index contributed by atoms with van der Waals surface area (Å²) in [6.07, 6.45) is 2.10. The van der Waals surface area contributed by atoms with Gasteiger partial charge in [0.05, 0.1) is 0 Å². The van der Waals surface area contributed by atoms with Crippen LogP contribution in [-0.4, -0.2) is 15.5 Å². The molecule has 1 unspecified atom stereocenters. The summed E-state index contributed by atoms with van der Waals surface area (Å²) in [4.78, 5) is 0. The van der Waals surface area contributed by atoms with E-state index in [2.05, 4.69) is 22.5 Å². The third-order valence-corrected chi connectivity index (χ3v) is 3.01. The van der Waals surface area contributed by atoms with Gasteiger partial charge in [-0.05, 0) is 24.1 Å². The van der Waals surface area contributed by atoms with Gasteiger partial charge in [0.25, 0.3) is 0 Å². The van der Waals surface area contributed by atoms with E-state index in [0.29, 0.717) is 17.3 Å². The van der Waals surface area contributed by atoms with Crippen molar-refractivity contribution in [2.75, 3.05) is 5.33 Å². The van der Waals surface area contributed by atoms with E-state index in [0.717, 1.165) is 0 Å². The molecule has 0 bridgehead atoms. The van der Waals surface area contributed by atoms with Crippen LogP contribution < -0.4 is 0 Å². The summed E-state index contributed by atoms with van der Waals surface area (Å²) in [5.74, 6) is 0.158. The van der Waals surface area contributed by atoms with E-state index in [9.17, 15) is 10.2 Å². The lowest BCUT2D eigenvalue weighted by Gasteiger charge is -2.25. The van der Waals surface area contributed by atoms with Crippen LogP contribution in [0.2, 0.25) is 0 Å². The van der Waals surface area contributed by atoms with Crippen molar-refractivity contribution in [3.63, 3.8) is 0 Å². The van der Waals surface area contributed by atoms with Crippen LogP contribution >= 0.6 is 15.9 Å². The van der Waals surface area contributed by atoms with Crippen LogP contribution in [0.5, 0.6) is 5.75 Å². The van der Waals surface area contributed by atoms with Crippen molar-refractivity contribution in [2.24, 2.45) is 0 Å². The van der Waals surface area contributed by atoms with Crippen LogP contribution in [0.3, 0.4) is 0 Å². The van der Waals surface area contributed by atoms with E-state index in [1.807, 2.05) is 0 Å². The number of aromatic hydroxyl groups is 1. The Morgan fingerprint density at radius 2 is 2.21 bits per heavy atom. The van der Waals surface area contributed by atoms with Crippen LogP contribution in [0.4, 0.5) is 0 Å². The maximum atomic E-state index is 10.2. The molecule has 14 heavy (non-hydrogen) atoms. The summed E-state index contributed by atoms with van der Waals surface area (Å²) in [5.41, 5.74) is -0.296. The fourth-order valence-corrected chi connectivity index (χ4v) is 1.84. The summed E-state index contributed by atoms with van der Waals surface area (Å²) < 4.78 is 0. The molecule has 2 nitrogen and oxygen atoms in total. The maximum absolute atomic E-state index is 10.2. The molecule has 0 aliphatic carbocycles. The number of hydrogen-bond donors (Lipinski definition) is 2. The SMILES string of the molecule is C=CCC(O)(CBr)c1cccc(O)c1. The van der Waals surface area contributed by atoms with E-state index in [-0.39, 0.29) is 5.75 Å². The van der Waals surface area contributed by atoms with Gasteiger partial charge in [0, 0.05) is 5.33 Å². The lowest BCUT2D eigenvalue weighted by atomic mass is 9.92. The Kier molecular flexibility index (Phi) is 3.72. The summed E-state index contributed by atoms with van der Waals surface area (Å²) in [6.45, 7) is 3.60. The second-order valence-electron chi connectivity index (χ2n) is 3.21. The van der Waals surface area contributed by atoms with Crippen molar-refractivity contribution in [1.82, 2.24) is 0 Å². The first kappa shape index (κ1) is 11.3. The molecule has 2 N–H and O–H groups in total. The Morgan fingerprint density at radius 1 is 1.50 bits per heavy atom. The molecule has 1 rings (SSSR count). The molecule has 1 atom stereocenters. The Hall–Kier alpha value is -0.800. The van der Waals surface area contributed by atoms with E-state index in [4.69, 9.17) is 0 Å². The Labute approximate surface area is 92.0 Å². The Balaban J connectivity index is 3.05. The fourth-order valence-electron chi connectivity index (χ4n) is 1.28. The molecule has 0 saturated heterocycles. The van der Waals surface area contributed by atoms with Crippen LogP contribution in [0, 0.1) is 0 Å². The van der Waals surface area contributed by atoms with Gasteiger partial charge in [-0.1, -0.05) is 34.1 Å². The van der Waals surface area contributed by atoms with Gasteiger partial charge in [-0.25, -0.2) is 0 Å². The van der Waals surface area contributed by atoms with Gasteiger partial charge in [0.1, 0.15) is 11.4 Å². The van der Waals surface area contributed by atoms with Crippen molar-refractivity contribution in [1.29, 1.82) is 0 Å². The largest absolute Gasteiger partial charge is 0.508 e. The van der Waals surface area contributed by atoms with Gasteiger partial charge in [-0.3, -0.25) is 0 Å². The Morgan fingerprint density at radius 3 is 2.71 bits per heavy atom. The Bertz CT molecular complexity index is 325. The highest BCUT2D eigenvalue weighted by molar-refractivity contribution is 9.09. The molecule has 0 spiro atoms. The minimum absolute atomic E-state index is 0.158. The molecular formula is C11H13BrO2. The van der Waals surface area contributed by atoms with Crippen LogP contribution in [-0.2, 0) is 5.60 Å². The third kappa shape index (κ3) is 2.36. The van der Waals surface area contributed by atoms with Gasteiger partial charge in [-0.2, -0.15) is 0 Å². The van der Waals surface area contributed by atoms with E-state index in [1.165, 1.54) is 0 Å². The number of phenolic OH excluding ortho intramolecular Hbond substituents is 1. The first-order valence-corrected chi connectivity index (χ1v) is 5.43. The molecule has 0 fully saturated rings. The minimum atomic E-state index is -0.986. The smallest absolute Gasteiger partial charge is 0.115 e. The maximum Gasteiger partial charge on any atom is 0.115 e. The number of rotatable bonds is 4. The summed E-state index contributed by atoms with van der Waals surface area (Å²) >= 11 is 3.25. The highest BCUT2D eigenvalue weighted by Crippen LogP contribution is 2.29. The minimum Gasteiger partial charge on any atom is -0.508 e. The predicted molar refractivity (Wildman–Crippen MR) is 60.6 cm³/mol. The van der Waals surface area contributed by atoms with Crippen molar-refractivity contribution in [3.8, 4) is 5.75 Å². The number of alkyl halides is 1. The zero-order valence-electron chi connectivity index (χ0n) is 7.78. The number of aliphatic hydroxyl groups is 1. The van der Waals surface area contributed by atoms with Crippen LogP contribution in [0.25, 0.3) is 0 Å². The third-order valence-electron chi connectivity index (χ3n) is 2.09. The molecule has 0 aliphatic heterocycles. The number of hydrogen-bond acceptors (Lipinski definition) is 2. The normalized spacial score (nSPS) is 14.7. The average Bonchev–Trinajstić information content (AvgIpc) is 2.18. The average molecular weight is 257 g/mol. The highest BCUT2D eigenvalue weighted by Gasteiger charge is 2.26. The monoisotopic (exact) mass is 256 g/mol. The topological polar surface area (TPSA) is 40.5 Å². The van der Waals surface area contributed by atoms with Gasteiger partial charge in [0.2, 0.25) is 0 Å². The van der Waals surface area contributed by atoms with Crippen LogP contribution in [0.15, 0.2) is 36.9 Å². The number of halogens is 1. The number of benzene rings is 1. The molecular weight excluding hydrogens is 244 g/mol. The second-order valence-corrected chi connectivity index (χ2v) is 3.77. The van der Waals surface area contributed by atoms with Crippen molar-refractivity contribution >= 4 is 15.9 Å². The van der Waals surface area contributed by atoms with Crippen molar-refractivity contribution < 1.29 is 10.2 Å². The van der Waals surface area contributed by atoms with E-state index in [1.54, 1.807) is 30.3 Å². The van der Waals surface area contributed by atoms with Crippen molar-refractivity contribution in [3.05, 3.63) is 42.5 Å². The molecule has 0 radical (unpaired) electrons. The molecule has 0 aliphatic rings. The fraction of sp³-hybridized carbons (Fsp3) is 0.273. The summed E-state index contributed by atoms with van der Waals surface area (Å²) in [7, 11) is 0. The second kappa shape index (κ2) is 4.62. The molecule has 3 heteroatoms. The van der Waals surface area contributed by atoms with Crippen LogP contribution in [0.1, 0.15) is 12.0 Å². The zero-order chi connectivity index (χ0) is 10.6. The van der Waals surface area contributed by atoms with E-state index < -0.39 is 5.60 Å². The first-order chi connectivity index (χ1) is 6.62. The molecule has 1 aromatic carbocycles. The number of phenols is 1. The van der Waals surface area contributed by atoms with Gasteiger partial charge < -0.3 is 10.2 Å². The highest BCUT2D eigenvalue weighted by atomic mass is 79.9. The molecule has 0 aromatic heterocycles. The molecule has 0 saturated carbocycles. The lowest BCUT2D eigenvalue weighted by molar-refractivity contribution is 0.0670. The lowest BCUT2D eigenvalue weighted by Crippen LogP contribution is -2.26. The first-order valence-electron chi connectivity index (χ1n) is 4.31. The summed E-state index contributed by atoms with van der Waals surface area (Å²) in [6, 6.07) is 6.63. The molecule has 76 valence electrons. The predicted octanol–water partition coefficient (Wildman–Crippen LogP) is 2.55. The quantitative estimate of drug-likeness (QED) is 0.642. The standard InChI is InChI=1S/C11H13BrO2/c1-2-6-11(14,8-12)9-4-3-5-10(13)7-9/h2-5,7,13-14H,1,6,8H2. The van der Waals surface area contributed by atoms with Gasteiger partial charge in [-0.15, -0.1) is 6.58 Å². The van der Waals surface area contributed by atoms with Gasteiger partial charge >= 0.3 is 0 Å². The van der Waals surface area contributed by atoms with E-state index >= 15 is 0 Å². The van der Waals surface area contributed by atoms with Crippen molar-refractivity contribution in [2.45, 2.75) is 12.0 Å². The van der Waals surface area contributed by atoms with Gasteiger partial charge in [0.15, 0.2) is 0 Å². The summed E-state index contributed by atoms with van der Waals surface area (Å²) in [5, 5.41) is 19.9. The molecule has 0 heterocycles. The molecule has 0 amide bonds.